The van der Waals surface area contributed by atoms with E-state index in [0.717, 1.165) is 35.8 Å². The van der Waals surface area contributed by atoms with Gasteiger partial charge in [-0.25, -0.2) is 9.97 Å². The minimum absolute atomic E-state index is 0.0872. The highest BCUT2D eigenvalue weighted by molar-refractivity contribution is 7.09. The number of piperidine rings is 1. The first kappa shape index (κ1) is 16.9. The summed E-state index contributed by atoms with van der Waals surface area (Å²) in [6.45, 7) is 4.39. The molecule has 7 heteroatoms. The Hall–Kier alpha value is -1.99. The first-order chi connectivity index (χ1) is 11.6. The van der Waals surface area contributed by atoms with Gasteiger partial charge in [0.15, 0.2) is 0 Å². The van der Waals surface area contributed by atoms with Gasteiger partial charge in [0.1, 0.15) is 10.8 Å². The maximum atomic E-state index is 11.5. The van der Waals surface area contributed by atoms with Gasteiger partial charge in [0.25, 0.3) is 0 Å². The van der Waals surface area contributed by atoms with E-state index < -0.39 is 0 Å². The van der Waals surface area contributed by atoms with Crippen LogP contribution in [0.2, 0.25) is 0 Å². The van der Waals surface area contributed by atoms with Crippen LogP contribution >= 0.6 is 11.3 Å². The van der Waals surface area contributed by atoms with Crippen LogP contribution in [0.5, 0.6) is 0 Å². The number of thiazole rings is 1. The Morgan fingerprint density at radius 1 is 1.50 bits per heavy atom. The molecule has 1 saturated heterocycles. The van der Waals surface area contributed by atoms with Crippen molar-refractivity contribution in [1.29, 1.82) is 0 Å². The van der Waals surface area contributed by atoms with Crippen molar-refractivity contribution in [3.05, 3.63) is 40.5 Å². The van der Waals surface area contributed by atoms with Gasteiger partial charge in [0.05, 0.1) is 12.0 Å². The smallest absolute Gasteiger partial charge is 0.222 e. The standard InChI is InChI=1S/C17H23N5OS/c1-12(17-20-7-9-24-17)21-10-13-4-2-6-19-16(13)22-8-3-5-14(11-22)15(18)23/h2,4,6-7,9,12,14,21H,3,5,8,10-11H2,1H3,(H2,18,23)/t12-,14-/m0/s1. The third-order valence-corrected chi connectivity index (χ3v) is 5.37. The minimum Gasteiger partial charge on any atom is -0.369 e. The number of nitrogens with one attached hydrogen (secondary N) is 1. The van der Waals surface area contributed by atoms with Crippen molar-refractivity contribution in [2.75, 3.05) is 18.0 Å². The summed E-state index contributed by atoms with van der Waals surface area (Å²) < 4.78 is 0. The van der Waals surface area contributed by atoms with E-state index in [1.807, 2.05) is 17.6 Å². The van der Waals surface area contributed by atoms with E-state index in [0.29, 0.717) is 13.1 Å². The number of hydrogen-bond donors (Lipinski definition) is 2. The number of amides is 1. The van der Waals surface area contributed by atoms with Crippen molar-refractivity contribution in [3.8, 4) is 0 Å². The highest BCUT2D eigenvalue weighted by atomic mass is 32.1. The molecule has 0 spiro atoms. The fourth-order valence-electron chi connectivity index (χ4n) is 3.05. The molecule has 0 unspecified atom stereocenters. The number of carbonyl (C=O) groups excluding carboxylic acids is 1. The predicted molar refractivity (Wildman–Crippen MR) is 95.7 cm³/mol. The van der Waals surface area contributed by atoms with Crippen LogP contribution in [0, 0.1) is 5.92 Å². The number of rotatable bonds is 6. The number of primary amides is 1. The Morgan fingerprint density at radius 3 is 3.12 bits per heavy atom. The van der Waals surface area contributed by atoms with Crippen molar-refractivity contribution in [2.24, 2.45) is 11.7 Å². The molecule has 3 N–H and O–H groups in total. The van der Waals surface area contributed by atoms with Crippen molar-refractivity contribution < 1.29 is 4.79 Å². The molecule has 0 bridgehead atoms. The zero-order chi connectivity index (χ0) is 16.9. The quantitative estimate of drug-likeness (QED) is 0.837. The van der Waals surface area contributed by atoms with Crippen LogP contribution in [0.1, 0.15) is 36.4 Å². The SMILES string of the molecule is C[C@H](NCc1cccnc1N1CCC[C@H](C(N)=O)C1)c1nccs1. The summed E-state index contributed by atoms with van der Waals surface area (Å²) in [5.41, 5.74) is 6.62. The average Bonchev–Trinajstić information content (AvgIpc) is 3.15. The van der Waals surface area contributed by atoms with Gasteiger partial charge < -0.3 is 16.0 Å². The maximum Gasteiger partial charge on any atom is 0.222 e. The van der Waals surface area contributed by atoms with E-state index in [4.69, 9.17) is 5.73 Å². The molecule has 3 rings (SSSR count). The van der Waals surface area contributed by atoms with Gasteiger partial charge in [-0.1, -0.05) is 6.07 Å². The lowest BCUT2D eigenvalue weighted by molar-refractivity contribution is -0.122. The van der Waals surface area contributed by atoms with E-state index in [2.05, 4.69) is 33.2 Å². The lowest BCUT2D eigenvalue weighted by Crippen LogP contribution is -2.42. The monoisotopic (exact) mass is 345 g/mol. The molecule has 1 aliphatic heterocycles. The summed E-state index contributed by atoms with van der Waals surface area (Å²) in [5.74, 6) is 0.644. The van der Waals surface area contributed by atoms with Gasteiger partial charge in [-0.2, -0.15) is 0 Å². The maximum absolute atomic E-state index is 11.5. The largest absolute Gasteiger partial charge is 0.369 e. The first-order valence-electron chi connectivity index (χ1n) is 8.26. The van der Waals surface area contributed by atoms with Gasteiger partial charge in [-0.3, -0.25) is 4.79 Å². The summed E-state index contributed by atoms with van der Waals surface area (Å²) in [6, 6.07) is 4.22. The summed E-state index contributed by atoms with van der Waals surface area (Å²) in [4.78, 5) is 22.6. The van der Waals surface area contributed by atoms with Crippen molar-refractivity contribution >= 4 is 23.1 Å². The Kier molecular flexibility index (Phi) is 5.42. The fourth-order valence-corrected chi connectivity index (χ4v) is 3.72. The lowest BCUT2D eigenvalue weighted by Gasteiger charge is -2.33. The minimum atomic E-state index is -0.215. The van der Waals surface area contributed by atoms with Gasteiger partial charge in [0.2, 0.25) is 5.91 Å². The zero-order valence-corrected chi connectivity index (χ0v) is 14.6. The highest BCUT2D eigenvalue weighted by Gasteiger charge is 2.26. The number of hydrogen-bond acceptors (Lipinski definition) is 6. The Bertz CT molecular complexity index is 675. The van der Waals surface area contributed by atoms with Crippen molar-refractivity contribution in [3.63, 3.8) is 0 Å². The molecule has 2 aromatic rings. The number of nitrogens with zero attached hydrogens (tertiary/aromatic N) is 3. The molecule has 128 valence electrons. The Labute approximate surface area is 146 Å². The van der Waals surface area contributed by atoms with Crippen LogP contribution in [-0.2, 0) is 11.3 Å². The van der Waals surface area contributed by atoms with Crippen LogP contribution in [0.3, 0.4) is 0 Å². The van der Waals surface area contributed by atoms with Gasteiger partial charge >= 0.3 is 0 Å². The summed E-state index contributed by atoms with van der Waals surface area (Å²) in [6.07, 6.45) is 5.46. The molecule has 1 fully saturated rings. The van der Waals surface area contributed by atoms with E-state index >= 15 is 0 Å². The molecule has 6 nitrogen and oxygen atoms in total. The number of aromatic nitrogens is 2. The second kappa shape index (κ2) is 7.72. The summed E-state index contributed by atoms with van der Waals surface area (Å²) in [5, 5.41) is 6.57. The second-order valence-corrected chi connectivity index (χ2v) is 7.07. The number of nitrogens with two attached hydrogens (primary N) is 1. The average molecular weight is 345 g/mol. The van der Waals surface area contributed by atoms with Crippen LogP contribution in [0.4, 0.5) is 5.82 Å². The van der Waals surface area contributed by atoms with E-state index in [-0.39, 0.29) is 17.9 Å². The molecular formula is C17H23N5OS. The third kappa shape index (κ3) is 3.91. The van der Waals surface area contributed by atoms with Crippen LogP contribution in [0.25, 0.3) is 0 Å². The number of anilines is 1. The lowest BCUT2D eigenvalue weighted by atomic mass is 9.97. The van der Waals surface area contributed by atoms with E-state index in [1.54, 1.807) is 17.5 Å². The van der Waals surface area contributed by atoms with E-state index in [1.165, 1.54) is 0 Å². The van der Waals surface area contributed by atoms with Gasteiger partial charge in [-0.15, -0.1) is 11.3 Å². The molecule has 1 aliphatic rings. The number of pyridine rings is 1. The normalized spacial score (nSPS) is 19.2. The van der Waals surface area contributed by atoms with Crippen molar-refractivity contribution in [2.45, 2.75) is 32.4 Å². The molecule has 2 aromatic heterocycles. The molecule has 0 saturated carbocycles. The predicted octanol–water partition coefficient (Wildman–Crippen LogP) is 2.09. The molecule has 3 heterocycles. The Balaban J connectivity index is 1.69. The Morgan fingerprint density at radius 2 is 2.38 bits per heavy atom. The van der Waals surface area contributed by atoms with Crippen LogP contribution < -0.4 is 16.0 Å². The van der Waals surface area contributed by atoms with Gasteiger partial charge in [0, 0.05) is 43.0 Å². The second-order valence-electron chi connectivity index (χ2n) is 6.15. The first-order valence-corrected chi connectivity index (χ1v) is 9.14. The van der Waals surface area contributed by atoms with Crippen molar-refractivity contribution in [1.82, 2.24) is 15.3 Å². The van der Waals surface area contributed by atoms with Crippen LogP contribution in [-0.4, -0.2) is 29.0 Å². The molecule has 0 aromatic carbocycles. The third-order valence-electron chi connectivity index (χ3n) is 4.41. The molecular weight excluding hydrogens is 322 g/mol. The fraction of sp³-hybridized carbons (Fsp3) is 0.471. The zero-order valence-electron chi connectivity index (χ0n) is 13.8. The summed E-state index contributed by atoms with van der Waals surface area (Å²) in [7, 11) is 0. The van der Waals surface area contributed by atoms with Crippen LogP contribution in [0.15, 0.2) is 29.9 Å². The van der Waals surface area contributed by atoms with Gasteiger partial charge in [-0.05, 0) is 25.8 Å². The molecule has 0 aliphatic carbocycles. The molecule has 0 radical (unpaired) electrons. The summed E-state index contributed by atoms with van der Waals surface area (Å²) >= 11 is 1.65. The molecule has 1 amide bonds. The van der Waals surface area contributed by atoms with E-state index in [9.17, 15) is 4.79 Å². The highest BCUT2D eigenvalue weighted by Crippen LogP contribution is 2.25. The topological polar surface area (TPSA) is 84.1 Å². The molecule has 2 atom stereocenters. The number of carbonyl (C=O) groups is 1. The molecule has 24 heavy (non-hydrogen) atoms.